The van der Waals surface area contributed by atoms with Crippen molar-refractivity contribution in [1.82, 2.24) is 0 Å². The first-order valence-electron chi connectivity index (χ1n) is 4.71. The minimum absolute atomic E-state index is 0.287. The van der Waals surface area contributed by atoms with Crippen molar-refractivity contribution in [1.29, 1.82) is 0 Å². The van der Waals surface area contributed by atoms with Crippen molar-refractivity contribution in [3.63, 3.8) is 0 Å². The highest BCUT2D eigenvalue weighted by atomic mass is 14.4. The first-order chi connectivity index (χ1) is 6.27. The van der Waals surface area contributed by atoms with E-state index in [1.54, 1.807) is 0 Å². The fourth-order valence-corrected chi connectivity index (χ4v) is 1.73. The molecule has 0 N–H and O–H groups in total. The Morgan fingerprint density at radius 2 is 1.92 bits per heavy atom. The molecule has 0 spiro atoms. The molecule has 1 saturated carbocycles. The number of aryl methyl sites for hydroxylation is 1. The second-order valence-electron chi connectivity index (χ2n) is 3.87. The van der Waals surface area contributed by atoms with Crippen LogP contribution in [0.2, 0.25) is 0 Å². The minimum Gasteiger partial charge on any atom is -0.132 e. The van der Waals surface area contributed by atoms with Gasteiger partial charge in [-0.25, -0.2) is 0 Å². The smallest absolute Gasteiger partial charge is 0.0208 e. The van der Waals surface area contributed by atoms with Gasteiger partial charge in [-0.05, 0) is 31.4 Å². The average molecular weight is 170 g/mol. The fraction of sp³-hybridized carbons (Fsp3) is 0.308. The molecule has 0 amide bonds. The summed E-state index contributed by atoms with van der Waals surface area (Å²) in [5.41, 5.74) is 5.93. The molecular formula is C13H14. The number of allylic oxidation sites excluding steroid dienone is 1. The normalized spacial score (nSPS) is 17.6. The molecule has 1 aromatic rings. The quantitative estimate of drug-likeness (QED) is 0.597. The molecular weight excluding hydrogens is 156 g/mol. The van der Waals surface area contributed by atoms with Gasteiger partial charge in [0.15, 0.2) is 0 Å². The van der Waals surface area contributed by atoms with Gasteiger partial charge in [-0.3, -0.25) is 0 Å². The van der Waals surface area contributed by atoms with Crippen LogP contribution in [0.1, 0.15) is 24.0 Å². The van der Waals surface area contributed by atoms with Crippen LogP contribution < -0.4 is 0 Å². The van der Waals surface area contributed by atoms with Crippen LogP contribution in [0, 0.1) is 6.92 Å². The lowest BCUT2D eigenvalue weighted by atomic mass is 9.95. The molecule has 1 fully saturated rings. The molecule has 0 radical (unpaired) electrons. The largest absolute Gasteiger partial charge is 0.132 e. The highest BCUT2D eigenvalue weighted by Crippen LogP contribution is 2.49. The van der Waals surface area contributed by atoms with Crippen LogP contribution in [0.25, 0.3) is 0 Å². The Morgan fingerprint density at radius 1 is 1.31 bits per heavy atom. The van der Waals surface area contributed by atoms with Crippen LogP contribution in [0.4, 0.5) is 0 Å². The molecule has 0 aromatic heterocycles. The maximum Gasteiger partial charge on any atom is 0.0208 e. The topological polar surface area (TPSA) is 0 Å². The first-order valence-corrected chi connectivity index (χ1v) is 4.71. The minimum atomic E-state index is 0.287. The van der Waals surface area contributed by atoms with E-state index >= 15 is 0 Å². The standard InChI is InChI=1S/C13H14/c1-3-8-13(9-10-13)12-6-4-11(2)5-7-12/h4-8H,1,9-10H2,2H3. The Hall–Kier alpha value is -1.26. The van der Waals surface area contributed by atoms with E-state index in [0.29, 0.717) is 0 Å². The zero-order chi connectivity index (χ0) is 9.31. The monoisotopic (exact) mass is 170 g/mol. The van der Waals surface area contributed by atoms with Gasteiger partial charge < -0.3 is 0 Å². The van der Waals surface area contributed by atoms with Crippen molar-refractivity contribution >= 4 is 0 Å². The summed E-state index contributed by atoms with van der Waals surface area (Å²) in [4.78, 5) is 0. The van der Waals surface area contributed by atoms with Crippen molar-refractivity contribution < 1.29 is 0 Å². The Labute approximate surface area is 79.6 Å². The van der Waals surface area contributed by atoms with Crippen molar-refractivity contribution in [2.24, 2.45) is 0 Å². The molecule has 66 valence electrons. The summed E-state index contributed by atoms with van der Waals surface area (Å²) in [6.45, 7) is 5.77. The van der Waals surface area contributed by atoms with Gasteiger partial charge in [0.2, 0.25) is 0 Å². The molecule has 0 atom stereocenters. The number of hydrogen-bond acceptors (Lipinski definition) is 0. The van der Waals surface area contributed by atoms with E-state index < -0.39 is 0 Å². The Balaban J connectivity index is 2.35. The predicted molar refractivity (Wildman–Crippen MR) is 55.8 cm³/mol. The summed E-state index contributed by atoms with van der Waals surface area (Å²) in [6.07, 6.45) is 4.61. The molecule has 0 heteroatoms. The summed E-state index contributed by atoms with van der Waals surface area (Å²) >= 11 is 0. The van der Waals surface area contributed by atoms with Gasteiger partial charge in [0.1, 0.15) is 0 Å². The van der Waals surface area contributed by atoms with Crippen molar-refractivity contribution in [3.05, 3.63) is 53.8 Å². The lowest BCUT2D eigenvalue weighted by molar-refractivity contribution is 0.892. The van der Waals surface area contributed by atoms with E-state index in [1.165, 1.54) is 24.0 Å². The number of rotatable bonds is 2. The Kier molecular flexibility index (Phi) is 1.86. The lowest BCUT2D eigenvalue weighted by Gasteiger charge is -2.08. The molecule has 13 heavy (non-hydrogen) atoms. The van der Waals surface area contributed by atoms with Gasteiger partial charge in [-0.15, -0.1) is 5.73 Å². The molecule has 1 aliphatic carbocycles. The third kappa shape index (κ3) is 1.46. The van der Waals surface area contributed by atoms with E-state index in [9.17, 15) is 0 Å². The van der Waals surface area contributed by atoms with Gasteiger partial charge in [-0.2, -0.15) is 0 Å². The van der Waals surface area contributed by atoms with Gasteiger partial charge in [0.05, 0.1) is 0 Å². The van der Waals surface area contributed by atoms with Gasteiger partial charge in [0, 0.05) is 5.41 Å². The van der Waals surface area contributed by atoms with E-state index in [1.807, 2.05) is 0 Å². The van der Waals surface area contributed by atoms with Crippen molar-refractivity contribution in [3.8, 4) is 0 Å². The Bertz CT molecular complexity index is 346. The van der Waals surface area contributed by atoms with Crippen molar-refractivity contribution in [2.45, 2.75) is 25.2 Å². The SMILES string of the molecule is C=C=CC1(c2ccc(C)cc2)CC1. The van der Waals surface area contributed by atoms with Crippen LogP contribution in [0.5, 0.6) is 0 Å². The highest BCUT2D eigenvalue weighted by Gasteiger charge is 2.41. The van der Waals surface area contributed by atoms with E-state index in [4.69, 9.17) is 0 Å². The van der Waals surface area contributed by atoms with Gasteiger partial charge in [-0.1, -0.05) is 36.4 Å². The van der Waals surface area contributed by atoms with E-state index in [-0.39, 0.29) is 5.41 Å². The van der Waals surface area contributed by atoms with Crippen LogP contribution in [-0.2, 0) is 5.41 Å². The zero-order valence-electron chi connectivity index (χ0n) is 8.01. The molecule has 0 bridgehead atoms. The average Bonchev–Trinajstić information content (AvgIpc) is 2.87. The third-order valence-electron chi connectivity index (χ3n) is 2.79. The second-order valence-corrected chi connectivity index (χ2v) is 3.87. The van der Waals surface area contributed by atoms with Crippen LogP contribution in [0.15, 0.2) is 42.7 Å². The summed E-state index contributed by atoms with van der Waals surface area (Å²) < 4.78 is 0. The fourth-order valence-electron chi connectivity index (χ4n) is 1.73. The maximum atomic E-state index is 3.65. The van der Waals surface area contributed by atoms with E-state index in [0.717, 1.165) is 0 Å². The number of benzene rings is 1. The molecule has 0 saturated heterocycles. The molecule has 1 aliphatic rings. The molecule has 0 nitrogen and oxygen atoms in total. The number of hydrogen-bond donors (Lipinski definition) is 0. The first kappa shape index (κ1) is 8.34. The van der Waals surface area contributed by atoms with Crippen molar-refractivity contribution in [2.75, 3.05) is 0 Å². The second kappa shape index (κ2) is 2.90. The van der Waals surface area contributed by atoms with E-state index in [2.05, 4.69) is 49.6 Å². The Morgan fingerprint density at radius 3 is 2.38 bits per heavy atom. The summed E-state index contributed by atoms with van der Waals surface area (Å²) in [5.74, 6) is 0. The van der Waals surface area contributed by atoms with Gasteiger partial charge in [0.25, 0.3) is 0 Å². The van der Waals surface area contributed by atoms with Crippen LogP contribution >= 0.6 is 0 Å². The summed E-state index contributed by atoms with van der Waals surface area (Å²) in [7, 11) is 0. The zero-order valence-corrected chi connectivity index (χ0v) is 8.01. The molecule has 0 aliphatic heterocycles. The van der Waals surface area contributed by atoms with Crippen LogP contribution in [-0.4, -0.2) is 0 Å². The maximum absolute atomic E-state index is 3.65. The summed E-state index contributed by atoms with van der Waals surface area (Å²) in [5, 5.41) is 0. The molecule has 0 unspecified atom stereocenters. The predicted octanol–water partition coefficient (Wildman–Crippen LogP) is 3.37. The third-order valence-corrected chi connectivity index (χ3v) is 2.79. The lowest BCUT2D eigenvalue weighted by Crippen LogP contribution is -2.00. The molecule has 1 aromatic carbocycles. The summed E-state index contributed by atoms with van der Waals surface area (Å²) in [6, 6.07) is 8.78. The molecule has 2 rings (SSSR count). The van der Waals surface area contributed by atoms with Gasteiger partial charge >= 0.3 is 0 Å². The highest BCUT2D eigenvalue weighted by molar-refractivity contribution is 5.38. The molecule has 0 heterocycles. The van der Waals surface area contributed by atoms with Crippen LogP contribution in [0.3, 0.4) is 0 Å².